The summed E-state index contributed by atoms with van der Waals surface area (Å²) in [6, 6.07) is 18.6. The smallest absolute Gasteiger partial charge is 0.340 e. The van der Waals surface area contributed by atoms with E-state index in [0.29, 0.717) is 16.5 Å². The van der Waals surface area contributed by atoms with E-state index in [2.05, 4.69) is 5.32 Å². The molecule has 0 bridgehead atoms. The van der Waals surface area contributed by atoms with Crippen molar-refractivity contribution in [1.82, 2.24) is 5.32 Å². The minimum absolute atomic E-state index is 0.0915. The van der Waals surface area contributed by atoms with Gasteiger partial charge in [-0.3, -0.25) is 4.79 Å². The van der Waals surface area contributed by atoms with Gasteiger partial charge < -0.3 is 19.5 Å². The molecule has 0 heterocycles. The maximum atomic E-state index is 12.6. The minimum atomic E-state index is -0.738. The average molecular weight is 474 g/mol. The van der Waals surface area contributed by atoms with Gasteiger partial charge in [-0.1, -0.05) is 47.5 Å². The Morgan fingerprint density at radius 2 is 1.38 bits per heavy atom. The highest BCUT2D eigenvalue weighted by atomic mass is 35.5. The van der Waals surface area contributed by atoms with Gasteiger partial charge in [-0.05, 0) is 53.6 Å². The fourth-order valence-corrected chi connectivity index (χ4v) is 3.38. The van der Waals surface area contributed by atoms with E-state index < -0.39 is 24.5 Å². The molecule has 0 saturated heterocycles. The third-order valence-corrected chi connectivity index (χ3v) is 5.25. The maximum absolute atomic E-state index is 12.6. The Bertz CT molecular complexity index is 1040. The zero-order valence-electron chi connectivity index (χ0n) is 17.4. The van der Waals surface area contributed by atoms with Crippen molar-refractivity contribution < 1.29 is 23.8 Å². The molecule has 0 saturated carbocycles. The Morgan fingerprint density at radius 3 is 1.88 bits per heavy atom. The van der Waals surface area contributed by atoms with Crippen LogP contribution in [0.4, 0.5) is 0 Å². The summed E-state index contributed by atoms with van der Waals surface area (Å²) in [6.45, 7) is -0.482. The SMILES string of the molecule is COc1ccc(C(NC(=O)COC(=O)c2cc(Cl)ccc2Cl)c2ccc(OC)cc2)cc1. The van der Waals surface area contributed by atoms with Crippen LogP contribution in [-0.4, -0.2) is 32.7 Å². The van der Waals surface area contributed by atoms with E-state index in [4.69, 9.17) is 37.4 Å². The van der Waals surface area contributed by atoms with Crippen molar-refractivity contribution in [2.24, 2.45) is 0 Å². The Balaban J connectivity index is 1.75. The second-order valence-electron chi connectivity index (χ2n) is 6.75. The van der Waals surface area contributed by atoms with Gasteiger partial charge in [0.15, 0.2) is 6.61 Å². The zero-order chi connectivity index (χ0) is 23.1. The average Bonchev–Trinajstić information content (AvgIpc) is 2.82. The number of benzene rings is 3. The summed E-state index contributed by atoms with van der Waals surface area (Å²) in [5.74, 6) is 0.174. The lowest BCUT2D eigenvalue weighted by Gasteiger charge is -2.20. The van der Waals surface area contributed by atoms with Crippen LogP contribution in [0.15, 0.2) is 66.7 Å². The van der Waals surface area contributed by atoms with E-state index in [0.717, 1.165) is 11.1 Å². The lowest BCUT2D eigenvalue weighted by molar-refractivity contribution is -0.124. The summed E-state index contributed by atoms with van der Waals surface area (Å²) < 4.78 is 15.6. The molecule has 6 nitrogen and oxygen atoms in total. The highest BCUT2D eigenvalue weighted by molar-refractivity contribution is 6.35. The van der Waals surface area contributed by atoms with Gasteiger partial charge in [-0.15, -0.1) is 0 Å². The molecule has 3 rings (SSSR count). The molecular formula is C24H21Cl2NO5. The molecule has 3 aromatic carbocycles. The molecule has 0 aliphatic heterocycles. The molecule has 0 atom stereocenters. The van der Waals surface area contributed by atoms with Crippen molar-refractivity contribution in [3.63, 3.8) is 0 Å². The number of carbonyl (C=O) groups excluding carboxylic acids is 2. The van der Waals surface area contributed by atoms with Crippen LogP contribution >= 0.6 is 23.2 Å². The van der Waals surface area contributed by atoms with Crippen LogP contribution < -0.4 is 14.8 Å². The number of nitrogens with one attached hydrogen (secondary N) is 1. The second-order valence-corrected chi connectivity index (χ2v) is 7.59. The van der Waals surface area contributed by atoms with Crippen molar-refractivity contribution in [3.8, 4) is 11.5 Å². The third-order valence-electron chi connectivity index (χ3n) is 4.69. The summed E-state index contributed by atoms with van der Waals surface area (Å²) in [5, 5.41) is 3.43. The van der Waals surface area contributed by atoms with Gasteiger partial charge in [0.2, 0.25) is 0 Å². The molecule has 0 spiro atoms. The Morgan fingerprint density at radius 1 is 0.844 bits per heavy atom. The predicted octanol–water partition coefficient (Wildman–Crippen LogP) is 5.07. The number of hydrogen-bond acceptors (Lipinski definition) is 5. The fraction of sp³-hybridized carbons (Fsp3) is 0.167. The van der Waals surface area contributed by atoms with Crippen LogP contribution in [0, 0.1) is 0 Å². The first-order valence-corrected chi connectivity index (χ1v) is 10.4. The molecule has 1 amide bonds. The number of halogens is 2. The lowest BCUT2D eigenvalue weighted by Crippen LogP contribution is -2.33. The highest BCUT2D eigenvalue weighted by Crippen LogP contribution is 2.26. The Labute approximate surface area is 196 Å². The predicted molar refractivity (Wildman–Crippen MR) is 123 cm³/mol. The summed E-state index contributed by atoms with van der Waals surface area (Å²) >= 11 is 11.9. The van der Waals surface area contributed by atoms with Crippen molar-refractivity contribution in [3.05, 3.63) is 93.5 Å². The number of amides is 1. The fourth-order valence-electron chi connectivity index (χ4n) is 3.02. The monoisotopic (exact) mass is 473 g/mol. The molecule has 0 radical (unpaired) electrons. The van der Waals surface area contributed by atoms with Gasteiger partial charge in [-0.2, -0.15) is 0 Å². The summed E-state index contributed by atoms with van der Waals surface area (Å²) in [7, 11) is 3.16. The van der Waals surface area contributed by atoms with Crippen molar-refractivity contribution in [1.29, 1.82) is 0 Å². The van der Waals surface area contributed by atoms with Crippen LogP contribution in [0.25, 0.3) is 0 Å². The Kier molecular flexibility index (Phi) is 7.98. The molecule has 3 aromatic rings. The number of hydrogen-bond donors (Lipinski definition) is 1. The number of carbonyl (C=O) groups is 2. The molecule has 0 unspecified atom stereocenters. The molecule has 0 fully saturated rings. The van der Waals surface area contributed by atoms with E-state index in [1.54, 1.807) is 44.6 Å². The summed E-state index contributed by atoms with van der Waals surface area (Å²) in [6.07, 6.45) is 0. The molecule has 0 aliphatic rings. The van der Waals surface area contributed by atoms with Crippen LogP contribution in [-0.2, 0) is 9.53 Å². The van der Waals surface area contributed by atoms with E-state index in [1.807, 2.05) is 24.3 Å². The molecule has 8 heteroatoms. The van der Waals surface area contributed by atoms with Gasteiger partial charge in [0, 0.05) is 5.02 Å². The normalized spacial score (nSPS) is 10.5. The molecule has 1 N–H and O–H groups in total. The highest BCUT2D eigenvalue weighted by Gasteiger charge is 2.20. The number of rotatable bonds is 8. The van der Waals surface area contributed by atoms with Gasteiger partial charge in [0.25, 0.3) is 5.91 Å². The molecule has 32 heavy (non-hydrogen) atoms. The topological polar surface area (TPSA) is 73.9 Å². The zero-order valence-corrected chi connectivity index (χ0v) is 18.9. The van der Waals surface area contributed by atoms with Crippen LogP contribution in [0.1, 0.15) is 27.5 Å². The Hall–Kier alpha value is -3.22. The third kappa shape index (κ3) is 5.93. The molecule has 0 aliphatic carbocycles. The first-order valence-electron chi connectivity index (χ1n) is 9.60. The van der Waals surface area contributed by atoms with Crippen LogP contribution in [0.2, 0.25) is 10.0 Å². The van der Waals surface area contributed by atoms with E-state index >= 15 is 0 Å². The van der Waals surface area contributed by atoms with Crippen molar-refractivity contribution >= 4 is 35.1 Å². The number of methoxy groups -OCH3 is 2. The van der Waals surface area contributed by atoms with E-state index in [-0.39, 0.29) is 10.6 Å². The summed E-state index contributed by atoms with van der Waals surface area (Å²) in [4.78, 5) is 25.0. The quantitative estimate of drug-likeness (QED) is 0.462. The molecular weight excluding hydrogens is 453 g/mol. The minimum Gasteiger partial charge on any atom is -0.497 e. The van der Waals surface area contributed by atoms with Crippen LogP contribution in [0.3, 0.4) is 0 Å². The van der Waals surface area contributed by atoms with Gasteiger partial charge in [0.05, 0.1) is 30.8 Å². The van der Waals surface area contributed by atoms with Crippen molar-refractivity contribution in [2.75, 3.05) is 20.8 Å². The number of ether oxygens (including phenoxy) is 3. The first kappa shape index (κ1) is 23.4. The van der Waals surface area contributed by atoms with Crippen LogP contribution in [0.5, 0.6) is 11.5 Å². The van der Waals surface area contributed by atoms with E-state index in [1.165, 1.54) is 12.1 Å². The molecule has 166 valence electrons. The van der Waals surface area contributed by atoms with Gasteiger partial charge in [-0.25, -0.2) is 4.79 Å². The van der Waals surface area contributed by atoms with Gasteiger partial charge in [0.1, 0.15) is 11.5 Å². The van der Waals surface area contributed by atoms with Crippen molar-refractivity contribution in [2.45, 2.75) is 6.04 Å². The largest absolute Gasteiger partial charge is 0.497 e. The first-order chi connectivity index (χ1) is 15.4. The van der Waals surface area contributed by atoms with Gasteiger partial charge >= 0.3 is 5.97 Å². The lowest BCUT2D eigenvalue weighted by atomic mass is 9.98. The maximum Gasteiger partial charge on any atom is 0.340 e. The second kappa shape index (κ2) is 10.9. The van der Waals surface area contributed by atoms with E-state index in [9.17, 15) is 9.59 Å². The molecule has 0 aromatic heterocycles. The number of esters is 1. The standard InChI is InChI=1S/C24H21Cl2NO5/c1-30-18-8-3-15(4-9-18)23(16-5-10-19(31-2)11-6-16)27-22(28)14-32-24(29)20-13-17(25)7-12-21(20)26/h3-13,23H,14H2,1-2H3,(H,27,28). The summed E-state index contributed by atoms with van der Waals surface area (Å²) in [5.41, 5.74) is 1.75.